The van der Waals surface area contributed by atoms with Crippen molar-refractivity contribution >= 4 is 57.8 Å². The number of fused-ring (bicyclic) bond motifs is 2. The van der Waals surface area contributed by atoms with Crippen LogP contribution in [0.3, 0.4) is 0 Å². The molecule has 0 radical (unpaired) electrons. The standard InChI is InChI=1S/C17H13ClN4O2S/c18-9-5-6-13-12(7-9)19-16(24)14(25-13)8-15(23)22-17-20-10-3-1-2-4-11(10)21-17/h1-7,14H,8H2,(H,19,24)(H2,20,21,22,23)/t14-/m0/s1. The smallest absolute Gasteiger partial charge is 0.238 e. The van der Waals surface area contributed by atoms with Crippen LogP contribution < -0.4 is 10.6 Å². The van der Waals surface area contributed by atoms with Gasteiger partial charge in [-0.1, -0.05) is 23.7 Å². The predicted octanol–water partition coefficient (Wildman–Crippen LogP) is 3.66. The molecule has 126 valence electrons. The molecule has 3 aromatic rings. The van der Waals surface area contributed by atoms with Crippen molar-refractivity contribution in [3.8, 4) is 0 Å². The van der Waals surface area contributed by atoms with E-state index in [2.05, 4.69) is 20.6 Å². The quantitative estimate of drug-likeness (QED) is 0.654. The lowest BCUT2D eigenvalue weighted by atomic mass is 10.2. The normalized spacial score (nSPS) is 16.4. The van der Waals surface area contributed by atoms with Crippen LogP contribution in [0.1, 0.15) is 6.42 Å². The Morgan fingerprint density at radius 3 is 2.96 bits per heavy atom. The van der Waals surface area contributed by atoms with Crippen molar-refractivity contribution < 1.29 is 9.59 Å². The maximum atomic E-state index is 12.3. The molecule has 8 heteroatoms. The molecule has 0 spiro atoms. The number of nitrogens with one attached hydrogen (secondary N) is 3. The molecule has 1 aliphatic rings. The monoisotopic (exact) mass is 372 g/mol. The van der Waals surface area contributed by atoms with Crippen LogP contribution in [0.5, 0.6) is 0 Å². The highest BCUT2D eigenvalue weighted by molar-refractivity contribution is 8.01. The first-order valence-electron chi connectivity index (χ1n) is 7.60. The predicted molar refractivity (Wildman–Crippen MR) is 99.1 cm³/mol. The number of benzene rings is 2. The molecular weight excluding hydrogens is 360 g/mol. The molecule has 2 amide bonds. The second-order valence-corrected chi connectivity index (χ2v) is 7.27. The molecule has 0 aliphatic carbocycles. The Bertz CT molecular complexity index is 955. The lowest BCUT2D eigenvalue weighted by molar-refractivity contribution is -0.120. The average molecular weight is 373 g/mol. The molecule has 4 rings (SSSR count). The highest BCUT2D eigenvalue weighted by Crippen LogP contribution is 2.38. The van der Waals surface area contributed by atoms with E-state index in [1.54, 1.807) is 12.1 Å². The number of hydrogen-bond donors (Lipinski definition) is 3. The third-order valence-electron chi connectivity index (χ3n) is 3.78. The number of amides is 2. The van der Waals surface area contributed by atoms with Gasteiger partial charge in [-0.3, -0.25) is 14.9 Å². The molecule has 1 aromatic heterocycles. The number of para-hydroxylation sites is 2. The van der Waals surface area contributed by atoms with Crippen LogP contribution in [0.2, 0.25) is 5.02 Å². The first-order valence-corrected chi connectivity index (χ1v) is 8.86. The number of carbonyl (C=O) groups is 2. The summed E-state index contributed by atoms with van der Waals surface area (Å²) in [5, 5.41) is 5.56. The van der Waals surface area contributed by atoms with Crippen molar-refractivity contribution in [2.24, 2.45) is 0 Å². The molecule has 0 saturated carbocycles. The van der Waals surface area contributed by atoms with Gasteiger partial charge in [-0.25, -0.2) is 4.98 Å². The van der Waals surface area contributed by atoms with Crippen LogP contribution in [0, 0.1) is 0 Å². The second-order valence-electron chi connectivity index (χ2n) is 5.59. The highest BCUT2D eigenvalue weighted by Gasteiger charge is 2.29. The van der Waals surface area contributed by atoms with E-state index in [0.29, 0.717) is 16.7 Å². The minimum Gasteiger partial charge on any atom is -0.324 e. The summed E-state index contributed by atoms with van der Waals surface area (Å²) >= 11 is 7.29. The van der Waals surface area contributed by atoms with Crippen molar-refractivity contribution in [3.05, 3.63) is 47.5 Å². The lowest BCUT2D eigenvalue weighted by Gasteiger charge is -2.23. The van der Waals surface area contributed by atoms with Crippen LogP contribution in [-0.4, -0.2) is 27.0 Å². The summed E-state index contributed by atoms with van der Waals surface area (Å²) in [4.78, 5) is 32.7. The summed E-state index contributed by atoms with van der Waals surface area (Å²) in [6.07, 6.45) is 0.0512. The second kappa shape index (κ2) is 6.42. The number of aromatic nitrogens is 2. The van der Waals surface area contributed by atoms with Crippen LogP contribution in [0.25, 0.3) is 11.0 Å². The van der Waals surface area contributed by atoms with Gasteiger partial charge in [0.1, 0.15) is 0 Å². The molecule has 25 heavy (non-hydrogen) atoms. The van der Waals surface area contributed by atoms with E-state index in [1.807, 2.05) is 30.3 Å². The average Bonchev–Trinajstić information content (AvgIpc) is 2.97. The fraction of sp³-hybridized carbons (Fsp3) is 0.118. The molecule has 2 heterocycles. The zero-order chi connectivity index (χ0) is 17.4. The number of rotatable bonds is 3. The lowest BCUT2D eigenvalue weighted by Crippen LogP contribution is -2.32. The van der Waals surface area contributed by atoms with Crippen LogP contribution in [0.4, 0.5) is 11.6 Å². The largest absolute Gasteiger partial charge is 0.324 e. The van der Waals surface area contributed by atoms with E-state index in [1.165, 1.54) is 11.8 Å². The van der Waals surface area contributed by atoms with Gasteiger partial charge in [0.25, 0.3) is 0 Å². The molecule has 1 atom stereocenters. The number of halogens is 1. The maximum Gasteiger partial charge on any atom is 0.238 e. The topological polar surface area (TPSA) is 86.9 Å². The number of hydrogen-bond acceptors (Lipinski definition) is 4. The minimum absolute atomic E-state index is 0.0512. The van der Waals surface area contributed by atoms with Gasteiger partial charge in [0.15, 0.2) is 0 Å². The van der Waals surface area contributed by atoms with Crippen molar-refractivity contribution in [3.63, 3.8) is 0 Å². The fourth-order valence-corrected chi connectivity index (χ4v) is 3.88. The summed E-state index contributed by atoms with van der Waals surface area (Å²) in [6, 6.07) is 12.8. The number of imidazole rings is 1. The number of carbonyl (C=O) groups excluding carboxylic acids is 2. The Kier molecular flexibility index (Phi) is 4.10. The number of H-pyrrole nitrogens is 1. The summed E-state index contributed by atoms with van der Waals surface area (Å²) in [6.45, 7) is 0. The van der Waals surface area contributed by atoms with Crippen molar-refractivity contribution in [1.29, 1.82) is 0 Å². The van der Waals surface area contributed by atoms with Gasteiger partial charge in [-0.15, -0.1) is 11.8 Å². The van der Waals surface area contributed by atoms with E-state index >= 15 is 0 Å². The van der Waals surface area contributed by atoms with E-state index in [9.17, 15) is 9.59 Å². The van der Waals surface area contributed by atoms with Crippen LogP contribution >= 0.6 is 23.4 Å². The third kappa shape index (κ3) is 3.33. The van der Waals surface area contributed by atoms with Crippen LogP contribution in [0.15, 0.2) is 47.4 Å². The van der Waals surface area contributed by atoms with E-state index < -0.39 is 5.25 Å². The first-order chi connectivity index (χ1) is 12.1. The molecular formula is C17H13ClN4O2S. The number of thioether (sulfide) groups is 1. The Labute approximate surface area is 152 Å². The molecule has 2 aromatic carbocycles. The summed E-state index contributed by atoms with van der Waals surface area (Å²) in [5.41, 5.74) is 2.29. The molecule has 0 saturated heterocycles. The van der Waals surface area contributed by atoms with Crippen LogP contribution in [-0.2, 0) is 9.59 Å². The molecule has 0 unspecified atom stereocenters. The summed E-state index contributed by atoms with van der Waals surface area (Å²) in [5.74, 6) is -0.108. The van der Waals surface area contributed by atoms with Crippen molar-refractivity contribution in [2.45, 2.75) is 16.6 Å². The van der Waals surface area contributed by atoms with Gasteiger partial charge >= 0.3 is 0 Å². The molecule has 6 nitrogen and oxygen atoms in total. The zero-order valence-corrected chi connectivity index (χ0v) is 14.4. The minimum atomic E-state index is -0.502. The molecule has 3 N–H and O–H groups in total. The van der Waals surface area contributed by atoms with Gasteiger partial charge in [-0.2, -0.15) is 0 Å². The van der Waals surface area contributed by atoms with E-state index in [4.69, 9.17) is 11.6 Å². The third-order valence-corrected chi connectivity index (χ3v) is 5.29. The SMILES string of the molecule is O=C(C[C@@H]1Sc2ccc(Cl)cc2NC1=O)Nc1nc2ccccc2[nH]1. The van der Waals surface area contributed by atoms with Crippen molar-refractivity contribution in [2.75, 3.05) is 10.6 Å². The van der Waals surface area contributed by atoms with Gasteiger partial charge in [0.05, 0.1) is 22.0 Å². The highest BCUT2D eigenvalue weighted by atomic mass is 35.5. The zero-order valence-electron chi connectivity index (χ0n) is 12.9. The summed E-state index contributed by atoms with van der Waals surface area (Å²) in [7, 11) is 0. The number of aromatic amines is 1. The molecule has 0 fully saturated rings. The Hall–Kier alpha value is -2.51. The van der Waals surface area contributed by atoms with Gasteiger partial charge in [-0.05, 0) is 30.3 Å². The molecule has 1 aliphatic heterocycles. The molecule has 0 bridgehead atoms. The van der Waals surface area contributed by atoms with Crippen molar-refractivity contribution in [1.82, 2.24) is 9.97 Å². The first kappa shape index (κ1) is 16.0. The van der Waals surface area contributed by atoms with E-state index in [-0.39, 0.29) is 18.2 Å². The maximum absolute atomic E-state index is 12.3. The van der Waals surface area contributed by atoms with E-state index in [0.717, 1.165) is 15.9 Å². The number of nitrogens with zero attached hydrogens (tertiary/aromatic N) is 1. The summed E-state index contributed by atoms with van der Waals surface area (Å²) < 4.78 is 0. The van der Waals surface area contributed by atoms with Gasteiger partial charge in [0.2, 0.25) is 17.8 Å². The Morgan fingerprint density at radius 1 is 1.28 bits per heavy atom. The van der Waals surface area contributed by atoms with Gasteiger partial charge in [0, 0.05) is 16.3 Å². The van der Waals surface area contributed by atoms with Gasteiger partial charge < -0.3 is 10.3 Å². The Balaban J connectivity index is 1.45. The number of anilines is 2. The fourth-order valence-electron chi connectivity index (χ4n) is 2.62. The Morgan fingerprint density at radius 2 is 2.12 bits per heavy atom.